The summed E-state index contributed by atoms with van der Waals surface area (Å²) in [5.41, 5.74) is 3.84. The van der Waals surface area contributed by atoms with Gasteiger partial charge in [-0.1, -0.05) is 5.16 Å². The van der Waals surface area contributed by atoms with Crippen LogP contribution in [0.4, 0.5) is 0 Å². The summed E-state index contributed by atoms with van der Waals surface area (Å²) in [6, 6.07) is 3.59. The molecule has 3 aromatic rings. The molecule has 0 fully saturated rings. The van der Waals surface area contributed by atoms with E-state index in [-0.39, 0.29) is 5.92 Å². The highest BCUT2D eigenvalue weighted by Crippen LogP contribution is 2.29. The Morgan fingerprint density at radius 2 is 2.14 bits per heavy atom. The number of aromatic amines is 1. The van der Waals surface area contributed by atoms with E-state index < -0.39 is 0 Å². The molecule has 7 heteroatoms. The first-order valence-electron chi connectivity index (χ1n) is 6.95. The molecule has 22 heavy (non-hydrogen) atoms. The van der Waals surface area contributed by atoms with E-state index in [0.29, 0.717) is 17.6 Å². The zero-order chi connectivity index (χ0) is 15.7. The van der Waals surface area contributed by atoms with Gasteiger partial charge in [0.15, 0.2) is 0 Å². The molecule has 0 saturated carbocycles. The summed E-state index contributed by atoms with van der Waals surface area (Å²) in [4.78, 5) is 8.56. The van der Waals surface area contributed by atoms with Crippen LogP contribution < -0.4 is 4.74 Å². The van der Waals surface area contributed by atoms with Gasteiger partial charge in [-0.3, -0.25) is 5.10 Å². The molecule has 0 aliphatic heterocycles. The van der Waals surface area contributed by atoms with Crippen molar-refractivity contribution in [1.29, 1.82) is 0 Å². The minimum atomic E-state index is -0.0243. The van der Waals surface area contributed by atoms with Crippen LogP contribution in [-0.2, 0) is 0 Å². The number of ether oxygens (including phenoxy) is 1. The molecule has 3 rings (SSSR count). The molecule has 3 heterocycles. The van der Waals surface area contributed by atoms with E-state index in [9.17, 15) is 0 Å². The molecule has 1 N–H and O–H groups in total. The molecule has 0 aliphatic carbocycles. The van der Waals surface area contributed by atoms with Gasteiger partial charge in [0.25, 0.3) is 0 Å². The Morgan fingerprint density at radius 1 is 1.32 bits per heavy atom. The number of pyridine rings is 1. The summed E-state index contributed by atoms with van der Waals surface area (Å²) in [5, 5.41) is 11.2. The van der Waals surface area contributed by atoms with Crippen molar-refractivity contribution in [3.8, 4) is 17.3 Å². The van der Waals surface area contributed by atoms with E-state index in [1.54, 1.807) is 19.4 Å². The summed E-state index contributed by atoms with van der Waals surface area (Å²) in [6.07, 6.45) is 1.65. The number of aromatic nitrogens is 5. The fraction of sp³-hybridized carbons (Fsp3) is 0.333. The standard InChI is InChI=1S/C15H17N5O2/c1-8(13-9(2)18-19-10(13)3)15-17-14(20-22-15)11-5-6-16-12(7-11)21-4/h5-8H,1-4H3,(H,18,19). The minimum absolute atomic E-state index is 0.0243. The third kappa shape index (κ3) is 2.45. The molecular formula is C15H17N5O2. The second-order valence-electron chi connectivity index (χ2n) is 5.11. The number of aryl methyl sites for hydroxylation is 2. The van der Waals surface area contributed by atoms with E-state index in [0.717, 1.165) is 22.5 Å². The average Bonchev–Trinajstić information content (AvgIpc) is 3.14. The monoisotopic (exact) mass is 299 g/mol. The number of methoxy groups -OCH3 is 1. The van der Waals surface area contributed by atoms with Crippen LogP contribution in [0, 0.1) is 13.8 Å². The molecule has 7 nitrogen and oxygen atoms in total. The number of rotatable bonds is 4. The highest BCUT2D eigenvalue weighted by Gasteiger charge is 2.22. The van der Waals surface area contributed by atoms with E-state index >= 15 is 0 Å². The van der Waals surface area contributed by atoms with Crippen LogP contribution in [0.5, 0.6) is 5.88 Å². The highest BCUT2D eigenvalue weighted by molar-refractivity contribution is 5.55. The summed E-state index contributed by atoms with van der Waals surface area (Å²) in [5.74, 6) is 1.56. The molecule has 1 atom stereocenters. The van der Waals surface area contributed by atoms with Gasteiger partial charge in [0, 0.05) is 29.1 Å². The maximum absolute atomic E-state index is 5.42. The van der Waals surface area contributed by atoms with Crippen molar-refractivity contribution in [2.75, 3.05) is 7.11 Å². The fourth-order valence-corrected chi connectivity index (χ4v) is 2.51. The third-order valence-corrected chi connectivity index (χ3v) is 3.63. The quantitative estimate of drug-likeness (QED) is 0.796. The van der Waals surface area contributed by atoms with Crippen molar-refractivity contribution in [3.05, 3.63) is 41.2 Å². The second kappa shape index (κ2) is 5.59. The Labute approximate surface area is 127 Å². The average molecular weight is 299 g/mol. The van der Waals surface area contributed by atoms with Gasteiger partial charge in [-0.25, -0.2) is 4.98 Å². The van der Waals surface area contributed by atoms with Crippen LogP contribution in [0.1, 0.15) is 35.7 Å². The first-order chi connectivity index (χ1) is 10.6. The summed E-state index contributed by atoms with van der Waals surface area (Å²) < 4.78 is 10.5. The van der Waals surface area contributed by atoms with Crippen molar-refractivity contribution in [2.24, 2.45) is 0 Å². The molecule has 0 bridgehead atoms. The molecule has 0 aliphatic rings. The van der Waals surface area contributed by atoms with Gasteiger partial charge in [-0.05, 0) is 26.8 Å². The predicted octanol–water partition coefficient (Wildman–Crippen LogP) is 2.63. The maximum Gasteiger partial charge on any atom is 0.234 e. The van der Waals surface area contributed by atoms with Crippen molar-refractivity contribution < 1.29 is 9.26 Å². The van der Waals surface area contributed by atoms with E-state index in [4.69, 9.17) is 9.26 Å². The zero-order valence-corrected chi connectivity index (χ0v) is 12.9. The summed E-state index contributed by atoms with van der Waals surface area (Å²) in [7, 11) is 1.57. The maximum atomic E-state index is 5.42. The third-order valence-electron chi connectivity index (χ3n) is 3.63. The first kappa shape index (κ1) is 14.2. The van der Waals surface area contributed by atoms with Gasteiger partial charge in [0.05, 0.1) is 18.7 Å². The van der Waals surface area contributed by atoms with Crippen LogP contribution in [0.2, 0.25) is 0 Å². The number of H-pyrrole nitrogens is 1. The van der Waals surface area contributed by atoms with Crippen molar-refractivity contribution >= 4 is 0 Å². The Morgan fingerprint density at radius 3 is 2.82 bits per heavy atom. The SMILES string of the molecule is COc1cc(-c2noc(C(C)c3c(C)n[nH]c3C)n2)ccn1. The minimum Gasteiger partial charge on any atom is -0.481 e. The fourth-order valence-electron chi connectivity index (χ4n) is 2.51. The van der Waals surface area contributed by atoms with Crippen LogP contribution in [0.25, 0.3) is 11.4 Å². The highest BCUT2D eigenvalue weighted by atomic mass is 16.5. The topological polar surface area (TPSA) is 89.7 Å². The van der Waals surface area contributed by atoms with Crippen LogP contribution in [0.3, 0.4) is 0 Å². The molecule has 3 aromatic heterocycles. The van der Waals surface area contributed by atoms with Gasteiger partial charge in [0.1, 0.15) is 0 Å². The summed E-state index contributed by atoms with van der Waals surface area (Å²) in [6.45, 7) is 5.96. The molecular weight excluding hydrogens is 282 g/mol. The summed E-state index contributed by atoms with van der Waals surface area (Å²) >= 11 is 0. The van der Waals surface area contributed by atoms with E-state index in [1.807, 2.05) is 26.8 Å². The lowest BCUT2D eigenvalue weighted by Gasteiger charge is -2.06. The molecule has 0 amide bonds. The lowest BCUT2D eigenvalue weighted by atomic mass is 9.99. The molecule has 0 spiro atoms. The van der Waals surface area contributed by atoms with E-state index in [2.05, 4.69) is 25.3 Å². The molecule has 0 radical (unpaired) electrons. The van der Waals surface area contributed by atoms with Crippen LogP contribution in [-0.4, -0.2) is 32.4 Å². The Balaban J connectivity index is 1.93. The van der Waals surface area contributed by atoms with Gasteiger partial charge < -0.3 is 9.26 Å². The largest absolute Gasteiger partial charge is 0.481 e. The normalized spacial score (nSPS) is 12.4. The number of hydrogen-bond acceptors (Lipinski definition) is 6. The lowest BCUT2D eigenvalue weighted by Crippen LogP contribution is -1.99. The molecule has 1 unspecified atom stereocenters. The predicted molar refractivity (Wildman–Crippen MR) is 79.7 cm³/mol. The molecule has 0 aromatic carbocycles. The Hall–Kier alpha value is -2.70. The van der Waals surface area contributed by atoms with Crippen molar-refractivity contribution in [2.45, 2.75) is 26.7 Å². The zero-order valence-electron chi connectivity index (χ0n) is 12.9. The first-order valence-corrected chi connectivity index (χ1v) is 6.95. The number of hydrogen-bond donors (Lipinski definition) is 1. The van der Waals surface area contributed by atoms with Crippen molar-refractivity contribution in [3.63, 3.8) is 0 Å². The van der Waals surface area contributed by atoms with Gasteiger partial charge in [0.2, 0.25) is 17.6 Å². The van der Waals surface area contributed by atoms with Crippen LogP contribution in [0.15, 0.2) is 22.9 Å². The van der Waals surface area contributed by atoms with Gasteiger partial charge in [-0.2, -0.15) is 10.1 Å². The van der Waals surface area contributed by atoms with Gasteiger partial charge >= 0.3 is 0 Å². The van der Waals surface area contributed by atoms with Crippen molar-refractivity contribution in [1.82, 2.24) is 25.3 Å². The molecule has 114 valence electrons. The van der Waals surface area contributed by atoms with Gasteiger partial charge in [-0.15, -0.1) is 0 Å². The van der Waals surface area contributed by atoms with E-state index in [1.165, 1.54) is 0 Å². The Bertz CT molecular complexity index is 773. The lowest BCUT2D eigenvalue weighted by molar-refractivity contribution is 0.370. The Kier molecular flexibility index (Phi) is 3.62. The second-order valence-corrected chi connectivity index (χ2v) is 5.11. The number of nitrogens with one attached hydrogen (secondary N) is 1. The number of nitrogens with zero attached hydrogens (tertiary/aromatic N) is 4. The smallest absolute Gasteiger partial charge is 0.234 e. The molecule has 0 saturated heterocycles. The van der Waals surface area contributed by atoms with Crippen LogP contribution >= 0.6 is 0 Å².